The third-order valence-electron chi connectivity index (χ3n) is 6.87. The Bertz CT molecular complexity index is 1130. The monoisotopic (exact) mass is 656 g/mol. The molecule has 1 aromatic rings. The van der Waals surface area contributed by atoms with Crippen LogP contribution in [0.5, 0.6) is 0 Å². The summed E-state index contributed by atoms with van der Waals surface area (Å²) in [5, 5.41) is 17.1. The Balaban J connectivity index is 2.09. The molecule has 0 bridgehead atoms. The molecule has 0 aromatic carbocycles. The molecule has 0 spiro atoms. The standard InChI is InChI=1S/C23H42N6O12P2/c1-23(34,43(37,38)39)14-29-12-21(24-15-29)2-11-42(35,36)18-28-9-4-25(13-22(32)33)3-5-26(16-40-19-30)6-7-27(8-10-28)17-41-20-31/h12,15,19-20,34H,2-11,13-14,16-18H2,1H3,(H,32,33)(H,35,36)(H2,37,38,39). The molecular weight excluding hydrogens is 614 g/mol. The van der Waals surface area contributed by atoms with Crippen molar-refractivity contribution in [3.05, 3.63) is 18.2 Å². The Kier molecular flexibility index (Phi) is 14.9. The summed E-state index contributed by atoms with van der Waals surface area (Å²) in [7, 11) is -8.57. The quantitative estimate of drug-likeness (QED) is 0.0966. The Morgan fingerprint density at radius 3 is 1.88 bits per heavy atom. The first-order valence-corrected chi connectivity index (χ1v) is 17.1. The van der Waals surface area contributed by atoms with Crippen LogP contribution in [-0.4, -0.2) is 163 Å². The van der Waals surface area contributed by atoms with E-state index in [2.05, 4.69) is 4.98 Å². The van der Waals surface area contributed by atoms with Crippen LogP contribution >= 0.6 is 15.0 Å². The number of carboxylic acids is 1. The highest BCUT2D eigenvalue weighted by atomic mass is 31.2. The molecule has 2 rings (SSSR count). The summed E-state index contributed by atoms with van der Waals surface area (Å²) in [6, 6.07) is 0. The zero-order valence-electron chi connectivity index (χ0n) is 24.1. The lowest BCUT2D eigenvalue weighted by Gasteiger charge is -2.33. The topological polar surface area (TPSA) is 236 Å². The van der Waals surface area contributed by atoms with E-state index in [0.29, 0.717) is 57.9 Å². The number of ether oxygens (including phenoxy) is 2. The molecule has 2 unspecified atom stereocenters. The molecule has 0 amide bonds. The highest BCUT2D eigenvalue weighted by molar-refractivity contribution is 7.57. The lowest BCUT2D eigenvalue weighted by atomic mass is 10.3. The predicted octanol–water partition coefficient (Wildman–Crippen LogP) is -1.89. The molecule has 1 fully saturated rings. The van der Waals surface area contributed by atoms with E-state index in [1.807, 2.05) is 9.80 Å². The van der Waals surface area contributed by atoms with Crippen LogP contribution in [0.3, 0.4) is 0 Å². The van der Waals surface area contributed by atoms with E-state index in [1.165, 1.54) is 17.1 Å². The van der Waals surface area contributed by atoms with Crippen LogP contribution in [0.4, 0.5) is 0 Å². The van der Waals surface area contributed by atoms with E-state index in [4.69, 9.17) is 9.47 Å². The number of carbonyl (C=O) groups is 3. The van der Waals surface area contributed by atoms with Gasteiger partial charge in [-0.15, -0.1) is 0 Å². The van der Waals surface area contributed by atoms with Crippen molar-refractivity contribution in [2.75, 3.05) is 84.8 Å². The third-order valence-corrected chi connectivity index (χ3v) is 10.0. The number of carboxylic acid groups (broad SMARTS) is 1. The first kappa shape index (κ1) is 36.9. The van der Waals surface area contributed by atoms with Gasteiger partial charge >= 0.3 is 13.6 Å². The van der Waals surface area contributed by atoms with E-state index in [1.54, 1.807) is 9.80 Å². The Hall–Kier alpha value is -2.24. The molecule has 1 aliphatic rings. The average molecular weight is 657 g/mol. The van der Waals surface area contributed by atoms with E-state index in [9.17, 15) is 48.4 Å². The fourth-order valence-corrected chi connectivity index (χ4v) is 6.31. The van der Waals surface area contributed by atoms with Crippen molar-refractivity contribution in [2.45, 2.75) is 25.2 Å². The van der Waals surface area contributed by atoms with E-state index in [0.717, 1.165) is 6.92 Å². The summed E-state index contributed by atoms with van der Waals surface area (Å²) < 4.78 is 35.8. The number of hydrogen-bond donors (Lipinski definition) is 5. The van der Waals surface area contributed by atoms with E-state index < -0.39 is 32.8 Å². The molecule has 1 aromatic heterocycles. The second-order valence-electron chi connectivity index (χ2n) is 10.6. The van der Waals surface area contributed by atoms with Gasteiger partial charge in [-0.05, 0) is 6.92 Å². The normalized spacial score (nSPS) is 20.2. The molecular formula is C23H42N6O12P2. The van der Waals surface area contributed by atoms with Gasteiger partial charge in [0.15, 0.2) is 5.34 Å². The summed E-state index contributed by atoms with van der Waals surface area (Å²) >= 11 is 0. The van der Waals surface area contributed by atoms with E-state index in [-0.39, 0.29) is 52.0 Å². The van der Waals surface area contributed by atoms with Crippen molar-refractivity contribution in [3.8, 4) is 0 Å². The minimum atomic E-state index is -4.80. The number of aryl methyl sites for hydroxylation is 1. The fourth-order valence-electron chi connectivity index (χ4n) is 4.33. The number of imidazole rings is 1. The van der Waals surface area contributed by atoms with Crippen LogP contribution in [0.25, 0.3) is 0 Å². The zero-order valence-corrected chi connectivity index (χ0v) is 25.9. The van der Waals surface area contributed by atoms with E-state index >= 15 is 0 Å². The zero-order chi connectivity index (χ0) is 32.1. The van der Waals surface area contributed by atoms with Crippen LogP contribution in [-0.2, 0) is 46.0 Å². The van der Waals surface area contributed by atoms with Gasteiger partial charge in [-0.25, -0.2) is 4.98 Å². The van der Waals surface area contributed by atoms with Gasteiger partial charge < -0.3 is 38.9 Å². The van der Waals surface area contributed by atoms with Crippen LogP contribution in [0.1, 0.15) is 12.6 Å². The second-order valence-corrected chi connectivity index (χ2v) is 15.0. The maximum absolute atomic E-state index is 13.2. The fraction of sp³-hybridized carbons (Fsp3) is 0.739. The molecule has 2 atom stereocenters. The van der Waals surface area contributed by atoms with Gasteiger partial charge in [-0.2, -0.15) is 0 Å². The molecule has 1 saturated heterocycles. The number of aromatic nitrogens is 2. The molecule has 246 valence electrons. The number of hydrogen-bond acceptors (Lipinski definition) is 13. The van der Waals surface area contributed by atoms with Gasteiger partial charge in [0.05, 0.1) is 31.4 Å². The van der Waals surface area contributed by atoms with Crippen LogP contribution in [0, 0.1) is 0 Å². The summed E-state index contributed by atoms with van der Waals surface area (Å²) in [5.41, 5.74) is 0.400. The second kappa shape index (κ2) is 17.3. The van der Waals surface area contributed by atoms with Gasteiger partial charge in [0, 0.05) is 71.1 Å². The van der Waals surface area contributed by atoms with Crippen molar-refractivity contribution in [1.29, 1.82) is 0 Å². The molecule has 0 aliphatic carbocycles. The number of aliphatic hydroxyl groups is 1. The number of rotatable bonds is 16. The summed E-state index contributed by atoms with van der Waals surface area (Å²) in [5.74, 6) is -1.03. The first-order valence-electron chi connectivity index (χ1n) is 13.5. The Morgan fingerprint density at radius 1 is 0.930 bits per heavy atom. The molecule has 2 heterocycles. The smallest absolute Gasteiger partial charge is 0.358 e. The molecule has 43 heavy (non-hydrogen) atoms. The van der Waals surface area contributed by atoms with Crippen LogP contribution in [0.2, 0.25) is 0 Å². The molecule has 20 heteroatoms. The van der Waals surface area contributed by atoms with Crippen molar-refractivity contribution >= 4 is 33.9 Å². The highest BCUT2D eigenvalue weighted by Gasteiger charge is 2.40. The maximum Gasteiger partial charge on any atom is 0.358 e. The number of aliphatic carboxylic acids is 1. The number of nitrogens with zero attached hydrogens (tertiary/aromatic N) is 6. The molecule has 1 aliphatic heterocycles. The lowest BCUT2D eigenvalue weighted by Crippen LogP contribution is -2.47. The largest absolute Gasteiger partial charge is 0.480 e. The molecule has 18 nitrogen and oxygen atoms in total. The third kappa shape index (κ3) is 13.9. The van der Waals surface area contributed by atoms with Crippen molar-refractivity contribution in [1.82, 2.24) is 29.2 Å². The maximum atomic E-state index is 13.2. The van der Waals surface area contributed by atoms with Crippen LogP contribution in [0.15, 0.2) is 12.5 Å². The molecule has 0 radical (unpaired) electrons. The first-order chi connectivity index (χ1) is 20.1. The van der Waals surface area contributed by atoms with Crippen molar-refractivity contribution < 1.29 is 57.9 Å². The van der Waals surface area contributed by atoms with Crippen molar-refractivity contribution in [3.63, 3.8) is 0 Å². The SMILES string of the molecule is CC(O)(Cn1cnc(CCP(=O)(O)CN2CCN(COC=O)CCN(COC=O)CCN(CC(=O)O)CC2)c1)P(=O)(O)O. The summed E-state index contributed by atoms with van der Waals surface area (Å²) in [4.78, 5) is 73.7. The Morgan fingerprint density at radius 2 is 1.42 bits per heavy atom. The van der Waals surface area contributed by atoms with Crippen molar-refractivity contribution in [2.24, 2.45) is 0 Å². The van der Waals surface area contributed by atoms with Gasteiger partial charge in [-0.3, -0.25) is 43.1 Å². The Labute approximate surface area is 249 Å². The minimum Gasteiger partial charge on any atom is -0.480 e. The average Bonchev–Trinajstić information content (AvgIpc) is 3.35. The summed E-state index contributed by atoms with van der Waals surface area (Å²) in [6.07, 6.45) is 2.48. The van der Waals surface area contributed by atoms with Gasteiger partial charge in [0.2, 0.25) is 7.37 Å². The summed E-state index contributed by atoms with van der Waals surface area (Å²) in [6.45, 7) is 3.76. The lowest BCUT2D eigenvalue weighted by molar-refractivity contribution is -0.138. The minimum absolute atomic E-state index is 0.00778. The van der Waals surface area contributed by atoms with Gasteiger partial charge in [0.1, 0.15) is 13.5 Å². The predicted molar refractivity (Wildman–Crippen MR) is 151 cm³/mol. The molecule has 0 saturated carbocycles. The highest BCUT2D eigenvalue weighted by Crippen LogP contribution is 2.49. The van der Waals surface area contributed by atoms with Crippen LogP contribution < -0.4 is 0 Å². The van der Waals surface area contributed by atoms with Gasteiger partial charge in [-0.1, -0.05) is 0 Å². The van der Waals surface area contributed by atoms with Gasteiger partial charge in [0.25, 0.3) is 12.9 Å². The number of carbonyl (C=O) groups excluding carboxylic acids is 2. The molecule has 5 N–H and O–H groups in total.